The number of guanidine groups is 1. The molecule has 7 heteroatoms. The summed E-state index contributed by atoms with van der Waals surface area (Å²) in [6.45, 7) is 9.90. The Morgan fingerprint density at radius 2 is 2.11 bits per heavy atom. The summed E-state index contributed by atoms with van der Waals surface area (Å²) >= 11 is 0. The Labute approximate surface area is 166 Å². The lowest BCUT2D eigenvalue weighted by atomic mass is 9.85. The molecule has 1 aromatic heterocycles. The van der Waals surface area contributed by atoms with Crippen LogP contribution in [0.5, 0.6) is 0 Å². The van der Waals surface area contributed by atoms with Crippen LogP contribution in [0.2, 0.25) is 0 Å². The summed E-state index contributed by atoms with van der Waals surface area (Å²) in [5.41, 5.74) is 1.96. The summed E-state index contributed by atoms with van der Waals surface area (Å²) in [5.74, 6) is 0.668. The molecule has 0 radical (unpaired) electrons. The molecule has 1 atom stereocenters. The Balaban J connectivity index is 1.73. The van der Waals surface area contributed by atoms with E-state index in [1.165, 1.54) is 12.1 Å². The van der Waals surface area contributed by atoms with Gasteiger partial charge in [0.05, 0.1) is 25.9 Å². The van der Waals surface area contributed by atoms with Crippen LogP contribution in [-0.2, 0) is 17.2 Å². The van der Waals surface area contributed by atoms with Crippen molar-refractivity contribution in [2.75, 3.05) is 32.8 Å². The summed E-state index contributed by atoms with van der Waals surface area (Å²) in [6.07, 6.45) is 3.84. The topological polar surface area (TPSA) is 54.7 Å². The Morgan fingerprint density at radius 1 is 1.36 bits per heavy atom. The average Bonchev–Trinajstić information content (AvgIpc) is 3.12. The molecule has 0 bridgehead atoms. The van der Waals surface area contributed by atoms with Crippen LogP contribution in [0.1, 0.15) is 38.0 Å². The van der Waals surface area contributed by atoms with Crippen molar-refractivity contribution in [3.63, 3.8) is 0 Å². The molecule has 1 N–H and O–H groups in total. The van der Waals surface area contributed by atoms with Gasteiger partial charge in [-0.25, -0.2) is 4.39 Å². The zero-order chi connectivity index (χ0) is 20.1. The lowest BCUT2D eigenvalue weighted by Crippen LogP contribution is -2.48. The average molecular weight is 388 g/mol. The molecule has 0 saturated carbocycles. The number of morpholine rings is 1. The quantitative estimate of drug-likeness (QED) is 0.633. The predicted molar refractivity (Wildman–Crippen MR) is 109 cm³/mol. The first-order chi connectivity index (χ1) is 13.4. The van der Waals surface area contributed by atoms with Crippen molar-refractivity contribution in [1.82, 2.24) is 20.0 Å². The normalized spacial score (nSPS) is 18.4. The minimum atomic E-state index is -0.217. The van der Waals surface area contributed by atoms with E-state index in [4.69, 9.17) is 9.73 Å². The van der Waals surface area contributed by atoms with E-state index in [0.717, 1.165) is 36.7 Å². The fourth-order valence-corrected chi connectivity index (χ4v) is 3.34. The van der Waals surface area contributed by atoms with E-state index in [0.29, 0.717) is 13.2 Å². The third-order valence-corrected chi connectivity index (χ3v) is 5.05. The van der Waals surface area contributed by atoms with E-state index in [1.807, 2.05) is 31.6 Å². The molecule has 0 aliphatic carbocycles. The maximum absolute atomic E-state index is 13.2. The molecule has 1 aromatic carbocycles. The van der Waals surface area contributed by atoms with Gasteiger partial charge in [-0.2, -0.15) is 5.10 Å². The van der Waals surface area contributed by atoms with Crippen LogP contribution in [-0.4, -0.2) is 53.4 Å². The van der Waals surface area contributed by atoms with Crippen LogP contribution in [0.4, 0.5) is 4.39 Å². The van der Waals surface area contributed by atoms with E-state index >= 15 is 0 Å². The molecule has 0 amide bonds. The van der Waals surface area contributed by atoms with E-state index in [2.05, 4.69) is 36.1 Å². The summed E-state index contributed by atoms with van der Waals surface area (Å²) in [6, 6.07) is 6.69. The minimum Gasteiger partial charge on any atom is -0.370 e. The maximum Gasteiger partial charge on any atom is 0.194 e. The number of aromatic nitrogens is 2. The molecule has 1 aliphatic heterocycles. The van der Waals surface area contributed by atoms with Crippen LogP contribution >= 0.6 is 0 Å². The molecule has 0 spiro atoms. The highest BCUT2D eigenvalue weighted by Gasteiger charge is 2.26. The summed E-state index contributed by atoms with van der Waals surface area (Å²) < 4.78 is 21.0. The standard InChI is InChI=1S/C21H30FN5O/c1-5-23-20(24-15-21(2,3)17-6-8-18(22)9-7-17)27-10-11-28-19(14-27)16-12-25-26(4)13-16/h6-9,12-13,19H,5,10-11,14-15H2,1-4H3,(H,23,24). The van der Waals surface area contributed by atoms with Crippen LogP contribution < -0.4 is 5.32 Å². The van der Waals surface area contributed by atoms with E-state index in [-0.39, 0.29) is 17.3 Å². The summed E-state index contributed by atoms with van der Waals surface area (Å²) in [5, 5.41) is 7.65. The fourth-order valence-electron chi connectivity index (χ4n) is 3.34. The molecule has 6 nitrogen and oxygen atoms in total. The number of rotatable bonds is 5. The molecule has 1 fully saturated rings. The Bertz CT molecular complexity index is 799. The van der Waals surface area contributed by atoms with Gasteiger partial charge >= 0.3 is 0 Å². The first kappa shape index (κ1) is 20.3. The molecule has 2 heterocycles. The fraction of sp³-hybridized carbons (Fsp3) is 0.524. The molecule has 2 aromatic rings. The maximum atomic E-state index is 13.2. The van der Waals surface area contributed by atoms with Gasteiger partial charge in [-0.15, -0.1) is 0 Å². The number of hydrogen-bond acceptors (Lipinski definition) is 3. The number of nitrogens with one attached hydrogen (secondary N) is 1. The molecule has 1 aliphatic rings. The largest absolute Gasteiger partial charge is 0.370 e. The Morgan fingerprint density at radius 3 is 2.75 bits per heavy atom. The van der Waals surface area contributed by atoms with Crippen LogP contribution in [0.15, 0.2) is 41.7 Å². The van der Waals surface area contributed by atoms with Gasteiger partial charge in [-0.05, 0) is 24.6 Å². The van der Waals surface area contributed by atoms with Gasteiger partial charge in [0, 0.05) is 37.3 Å². The highest BCUT2D eigenvalue weighted by Crippen LogP contribution is 2.25. The second kappa shape index (κ2) is 8.73. The smallest absolute Gasteiger partial charge is 0.194 e. The summed E-state index contributed by atoms with van der Waals surface area (Å²) in [4.78, 5) is 7.14. The van der Waals surface area contributed by atoms with Crippen molar-refractivity contribution in [2.45, 2.75) is 32.3 Å². The lowest BCUT2D eigenvalue weighted by molar-refractivity contribution is -0.00806. The van der Waals surface area contributed by atoms with Crippen LogP contribution in [0.25, 0.3) is 0 Å². The lowest BCUT2D eigenvalue weighted by Gasteiger charge is -2.35. The summed E-state index contributed by atoms with van der Waals surface area (Å²) in [7, 11) is 1.91. The number of nitrogens with zero attached hydrogens (tertiary/aromatic N) is 4. The molecular formula is C21H30FN5O. The van der Waals surface area contributed by atoms with Crippen molar-refractivity contribution in [2.24, 2.45) is 12.0 Å². The Hall–Kier alpha value is -2.41. The number of ether oxygens (including phenoxy) is 1. The van der Waals surface area contributed by atoms with Crippen LogP contribution in [0.3, 0.4) is 0 Å². The highest BCUT2D eigenvalue weighted by molar-refractivity contribution is 5.80. The Kier molecular flexibility index (Phi) is 6.34. The molecule has 152 valence electrons. The highest BCUT2D eigenvalue weighted by atomic mass is 19.1. The van der Waals surface area contributed by atoms with Gasteiger partial charge in [0.25, 0.3) is 0 Å². The first-order valence-corrected chi connectivity index (χ1v) is 9.78. The number of aryl methyl sites for hydroxylation is 1. The minimum absolute atomic E-state index is 0.0172. The van der Waals surface area contributed by atoms with Crippen molar-refractivity contribution in [1.29, 1.82) is 0 Å². The SMILES string of the molecule is CCNC(=NCC(C)(C)c1ccc(F)cc1)N1CCOC(c2cnn(C)c2)C1. The monoisotopic (exact) mass is 387 g/mol. The van der Waals surface area contributed by atoms with Crippen molar-refractivity contribution in [3.8, 4) is 0 Å². The van der Waals surface area contributed by atoms with Crippen molar-refractivity contribution < 1.29 is 9.13 Å². The van der Waals surface area contributed by atoms with Gasteiger partial charge < -0.3 is 15.0 Å². The van der Waals surface area contributed by atoms with Crippen LogP contribution in [0, 0.1) is 5.82 Å². The van der Waals surface area contributed by atoms with Gasteiger partial charge in [0.2, 0.25) is 0 Å². The number of benzene rings is 1. The second-order valence-corrected chi connectivity index (χ2v) is 7.81. The van der Waals surface area contributed by atoms with Gasteiger partial charge in [0.1, 0.15) is 11.9 Å². The van der Waals surface area contributed by atoms with Gasteiger partial charge in [-0.1, -0.05) is 26.0 Å². The predicted octanol–water partition coefficient (Wildman–Crippen LogP) is 2.88. The molecule has 1 unspecified atom stereocenters. The zero-order valence-electron chi connectivity index (χ0n) is 17.2. The van der Waals surface area contributed by atoms with Gasteiger partial charge in [-0.3, -0.25) is 9.67 Å². The third kappa shape index (κ3) is 4.90. The van der Waals surface area contributed by atoms with E-state index in [1.54, 1.807) is 4.68 Å². The number of halogens is 1. The zero-order valence-corrected chi connectivity index (χ0v) is 17.2. The molecular weight excluding hydrogens is 357 g/mol. The number of aliphatic imine (C=N–C) groups is 1. The third-order valence-electron chi connectivity index (χ3n) is 5.05. The van der Waals surface area contributed by atoms with Gasteiger partial charge in [0.15, 0.2) is 5.96 Å². The number of hydrogen-bond donors (Lipinski definition) is 1. The van der Waals surface area contributed by atoms with Crippen molar-refractivity contribution in [3.05, 3.63) is 53.6 Å². The van der Waals surface area contributed by atoms with E-state index in [9.17, 15) is 4.39 Å². The molecule has 3 rings (SSSR count). The molecule has 1 saturated heterocycles. The molecule has 28 heavy (non-hydrogen) atoms. The second-order valence-electron chi connectivity index (χ2n) is 7.81. The first-order valence-electron chi connectivity index (χ1n) is 9.78. The van der Waals surface area contributed by atoms with Crippen molar-refractivity contribution >= 4 is 5.96 Å². The van der Waals surface area contributed by atoms with E-state index < -0.39 is 0 Å².